The summed E-state index contributed by atoms with van der Waals surface area (Å²) in [6, 6.07) is 0. The number of allylic oxidation sites excluding steroid dienone is 1. The molecule has 6 nitrogen and oxygen atoms in total. The van der Waals surface area contributed by atoms with E-state index in [-0.39, 0.29) is 5.50 Å². The topological polar surface area (TPSA) is 57.2 Å². The predicted molar refractivity (Wildman–Crippen MR) is 251 cm³/mol. The van der Waals surface area contributed by atoms with E-state index in [0.29, 0.717) is 12.5 Å². The van der Waals surface area contributed by atoms with Crippen molar-refractivity contribution >= 4 is 12.6 Å². The first kappa shape index (κ1) is 55.7. The maximum Gasteiger partial charge on any atom is 0.157 e. The third-order valence-corrected chi connectivity index (χ3v) is 12.3. The minimum Gasteiger partial charge on any atom is -0.499 e. The Kier molecular flexibility index (Phi) is 44.0. The van der Waals surface area contributed by atoms with Crippen LogP contribution in [0.3, 0.4) is 0 Å². The Bertz CT molecular complexity index is 772. The Morgan fingerprint density at radius 3 is 1.46 bits per heavy atom. The van der Waals surface area contributed by atoms with Crippen LogP contribution in [0.1, 0.15) is 233 Å². The highest BCUT2D eigenvalue weighted by Crippen LogP contribution is 2.24. The van der Waals surface area contributed by atoms with Crippen molar-refractivity contribution < 1.29 is 14.6 Å². The van der Waals surface area contributed by atoms with E-state index in [9.17, 15) is 5.11 Å². The van der Waals surface area contributed by atoms with Crippen molar-refractivity contribution in [2.75, 3.05) is 53.5 Å². The minimum atomic E-state index is -0.585. The summed E-state index contributed by atoms with van der Waals surface area (Å²) in [5.41, 5.74) is 0.113. The van der Waals surface area contributed by atoms with Crippen molar-refractivity contribution in [3.05, 3.63) is 12.3 Å². The third-order valence-electron chi connectivity index (χ3n) is 11.6. The van der Waals surface area contributed by atoms with Gasteiger partial charge in [0.25, 0.3) is 0 Å². The monoisotopic (exact) mass is 812 g/mol. The quantitative estimate of drug-likeness (QED) is 0.0246. The fourth-order valence-electron chi connectivity index (χ4n) is 7.70. The predicted octanol–water partition coefficient (Wildman–Crippen LogP) is 14.1. The summed E-state index contributed by atoms with van der Waals surface area (Å²) in [6.07, 6.45) is 41.3. The molecule has 0 aromatic heterocycles. The summed E-state index contributed by atoms with van der Waals surface area (Å²) in [6.45, 7) is 17.1. The number of aliphatic hydroxyl groups excluding tert-OH is 1. The first-order valence-electron chi connectivity index (χ1n) is 24.8. The van der Waals surface area contributed by atoms with E-state index < -0.39 is 6.29 Å². The molecular formula is C49H101N3O3S. The SMILES string of the molecule is C=C(CCCCCCCN(CCCCCCCOC(O)C(CCCCCCCC)CCCCCCCC)CCCNC(S)N(C)C)OCCCCCCCCC. The summed E-state index contributed by atoms with van der Waals surface area (Å²) < 4.78 is 12.0. The van der Waals surface area contributed by atoms with E-state index in [2.05, 4.69) is 69.2 Å². The van der Waals surface area contributed by atoms with Crippen molar-refractivity contribution in [1.29, 1.82) is 0 Å². The van der Waals surface area contributed by atoms with Crippen molar-refractivity contribution in [3.63, 3.8) is 0 Å². The van der Waals surface area contributed by atoms with E-state index in [0.717, 1.165) is 57.6 Å². The van der Waals surface area contributed by atoms with Crippen molar-refractivity contribution in [2.24, 2.45) is 5.92 Å². The second kappa shape index (κ2) is 44.2. The summed E-state index contributed by atoms with van der Waals surface area (Å²) in [7, 11) is 4.13. The van der Waals surface area contributed by atoms with Gasteiger partial charge in [-0.1, -0.05) is 181 Å². The maximum absolute atomic E-state index is 11.0. The summed E-state index contributed by atoms with van der Waals surface area (Å²) in [5, 5.41) is 14.5. The molecule has 2 unspecified atom stereocenters. The smallest absolute Gasteiger partial charge is 0.157 e. The van der Waals surface area contributed by atoms with Crippen LogP contribution in [-0.2, 0) is 9.47 Å². The molecule has 56 heavy (non-hydrogen) atoms. The molecule has 0 heterocycles. The molecule has 0 saturated carbocycles. The average Bonchev–Trinajstić information content (AvgIpc) is 3.19. The van der Waals surface area contributed by atoms with Gasteiger partial charge in [-0.2, -0.15) is 0 Å². The van der Waals surface area contributed by atoms with Crippen LogP contribution in [0.15, 0.2) is 12.3 Å². The van der Waals surface area contributed by atoms with Crippen LogP contribution in [0, 0.1) is 5.92 Å². The molecule has 0 aliphatic rings. The van der Waals surface area contributed by atoms with Crippen LogP contribution in [0.5, 0.6) is 0 Å². The summed E-state index contributed by atoms with van der Waals surface area (Å²) in [4.78, 5) is 4.81. The van der Waals surface area contributed by atoms with E-state index >= 15 is 0 Å². The fraction of sp³-hybridized carbons (Fsp3) is 0.959. The highest BCUT2D eigenvalue weighted by Gasteiger charge is 2.19. The number of hydrogen-bond donors (Lipinski definition) is 3. The van der Waals surface area contributed by atoms with Crippen molar-refractivity contribution in [3.8, 4) is 0 Å². The molecule has 0 saturated heterocycles. The highest BCUT2D eigenvalue weighted by atomic mass is 32.1. The zero-order chi connectivity index (χ0) is 41.2. The molecule has 2 N–H and O–H groups in total. The normalized spacial score (nSPS) is 13.0. The molecule has 0 bridgehead atoms. The van der Waals surface area contributed by atoms with Gasteiger partial charge in [0.2, 0.25) is 0 Å². The van der Waals surface area contributed by atoms with Crippen LogP contribution in [0.25, 0.3) is 0 Å². The molecule has 7 heteroatoms. The lowest BCUT2D eigenvalue weighted by Gasteiger charge is -2.24. The number of aliphatic hydroxyl groups is 1. The Labute approximate surface area is 357 Å². The maximum atomic E-state index is 11.0. The summed E-state index contributed by atoms with van der Waals surface area (Å²) >= 11 is 4.64. The molecular weight excluding hydrogens is 711 g/mol. The Morgan fingerprint density at radius 1 is 0.554 bits per heavy atom. The van der Waals surface area contributed by atoms with Crippen LogP contribution >= 0.6 is 12.6 Å². The van der Waals surface area contributed by atoms with Gasteiger partial charge in [0.05, 0.1) is 12.4 Å². The molecule has 2 atom stereocenters. The molecule has 0 radical (unpaired) electrons. The third kappa shape index (κ3) is 39.2. The van der Waals surface area contributed by atoms with Crippen molar-refractivity contribution in [2.45, 2.75) is 244 Å². The van der Waals surface area contributed by atoms with Gasteiger partial charge in [-0.3, -0.25) is 10.2 Å². The molecule has 0 rings (SSSR count). The number of nitrogens with one attached hydrogen (secondary N) is 1. The lowest BCUT2D eigenvalue weighted by molar-refractivity contribution is -0.138. The first-order valence-corrected chi connectivity index (χ1v) is 25.3. The number of unbranched alkanes of at least 4 members (excludes halogenated alkanes) is 24. The largest absolute Gasteiger partial charge is 0.499 e. The summed E-state index contributed by atoms with van der Waals surface area (Å²) in [5.74, 6) is 1.30. The van der Waals surface area contributed by atoms with E-state index in [1.165, 1.54) is 193 Å². The molecule has 0 fully saturated rings. The first-order chi connectivity index (χ1) is 27.3. The van der Waals surface area contributed by atoms with Crippen LogP contribution in [0.4, 0.5) is 0 Å². The second-order valence-corrected chi connectivity index (χ2v) is 17.9. The van der Waals surface area contributed by atoms with E-state index in [4.69, 9.17) is 9.47 Å². The lowest BCUT2D eigenvalue weighted by atomic mass is 9.93. The number of hydrogen-bond acceptors (Lipinski definition) is 7. The molecule has 0 aliphatic carbocycles. The van der Waals surface area contributed by atoms with Gasteiger partial charge in [-0.25, -0.2) is 0 Å². The number of ether oxygens (including phenoxy) is 2. The Morgan fingerprint density at radius 2 is 0.964 bits per heavy atom. The van der Waals surface area contributed by atoms with E-state index in [1.807, 2.05) is 0 Å². The van der Waals surface area contributed by atoms with Gasteiger partial charge in [-0.05, 0) is 91.6 Å². The minimum absolute atomic E-state index is 0.113. The number of rotatable bonds is 47. The van der Waals surface area contributed by atoms with E-state index in [1.54, 1.807) is 0 Å². The zero-order valence-corrected chi connectivity index (χ0v) is 39.5. The number of thiol groups is 1. The van der Waals surface area contributed by atoms with Crippen LogP contribution < -0.4 is 5.32 Å². The molecule has 0 aromatic carbocycles. The van der Waals surface area contributed by atoms with Gasteiger partial charge in [0.1, 0.15) is 5.50 Å². The highest BCUT2D eigenvalue weighted by molar-refractivity contribution is 7.80. The standard InChI is InChI=1S/C49H101N3O3S/c1-7-10-13-16-19-27-34-44-54-46(4)37-29-22-20-25-32-41-52(43-36-40-50-49(56)51(5)6)42-33-26-21-28-35-45-55-48(53)47(38-30-23-17-14-11-8-2)39-31-24-18-15-12-9-3/h47-50,53,56H,4,7-45H2,1-3,5-6H3. The molecule has 336 valence electrons. The Hall–Kier alpha value is -0.310. The van der Waals surface area contributed by atoms with Gasteiger partial charge in [0, 0.05) is 18.9 Å². The van der Waals surface area contributed by atoms with Gasteiger partial charge < -0.3 is 19.5 Å². The second-order valence-electron chi connectivity index (χ2n) is 17.4. The lowest BCUT2D eigenvalue weighted by Crippen LogP contribution is -2.38. The fourth-order valence-corrected chi connectivity index (χ4v) is 7.83. The Balaban J connectivity index is 4.33. The zero-order valence-electron chi connectivity index (χ0n) is 38.6. The number of nitrogens with zero attached hydrogens (tertiary/aromatic N) is 2. The van der Waals surface area contributed by atoms with Gasteiger partial charge in [0.15, 0.2) is 6.29 Å². The van der Waals surface area contributed by atoms with Crippen molar-refractivity contribution in [1.82, 2.24) is 15.1 Å². The van der Waals surface area contributed by atoms with Gasteiger partial charge in [-0.15, -0.1) is 12.6 Å². The average molecular weight is 812 g/mol. The van der Waals surface area contributed by atoms with Crippen LogP contribution in [-0.4, -0.2) is 80.2 Å². The van der Waals surface area contributed by atoms with Gasteiger partial charge >= 0.3 is 0 Å². The van der Waals surface area contributed by atoms with Crippen LogP contribution in [0.2, 0.25) is 0 Å². The molecule has 0 spiro atoms. The molecule has 0 aromatic rings. The molecule has 0 aliphatic heterocycles. The molecule has 0 amide bonds.